The maximum absolute atomic E-state index is 6.77. The Hall–Kier alpha value is -6.64. The van der Waals surface area contributed by atoms with Gasteiger partial charge >= 0.3 is 0 Å². The van der Waals surface area contributed by atoms with E-state index in [0.717, 1.165) is 60.6 Å². The Kier molecular flexibility index (Phi) is 5.70. The molecule has 0 aliphatic heterocycles. The van der Waals surface area contributed by atoms with E-state index in [1.165, 1.54) is 49.0 Å². The molecule has 232 valence electrons. The molecule has 0 spiro atoms. The number of hydrogen-bond donors (Lipinski definition) is 0. The number of rotatable bonds is 3. The molecule has 0 radical (unpaired) electrons. The fraction of sp³-hybridized carbons (Fsp3) is 0. The molecule has 9 aromatic carbocycles. The van der Waals surface area contributed by atoms with Crippen molar-refractivity contribution in [1.82, 2.24) is 0 Å². The number of benzene rings is 9. The minimum Gasteiger partial charge on any atom is -0.452 e. The van der Waals surface area contributed by atoms with Crippen LogP contribution in [0.5, 0.6) is 0 Å². The molecule has 11 aromatic rings. The summed E-state index contributed by atoms with van der Waals surface area (Å²) < 4.78 is 13.5. The molecule has 0 saturated carbocycles. The van der Waals surface area contributed by atoms with E-state index in [1.54, 1.807) is 0 Å². The lowest BCUT2D eigenvalue weighted by Crippen LogP contribution is -1.82. The molecular formula is C48H28O2. The summed E-state index contributed by atoms with van der Waals surface area (Å²) in [6, 6.07) is 60.9. The first-order chi connectivity index (χ1) is 24.7. The Bertz CT molecular complexity index is 3140. The zero-order chi connectivity index (χ0) is 32.8. The van der Waals surface area contributed by atoms with Gasteiger partial charge in [0.05, 0.1) is 0 Å². The Balaban J connectivity index is 1.05. The minimum absolute atomic E-state index is 0.793. The Morgan fingerprint density at radius 2 is 0.620 bits per heavy atom. The van der Waals surface area contributed by atoms with Crippen LogP contribution in [0.3, 0.4) is 0 Å². The van der Waals surface area contributed by atoms with Gasteiger partial charge in [0.15, 0.2) is 11.2 Å². The van der Waals surface area contributed by atoms with Crippen LogP contribution in [0.2, 0.25) is 0 Å². The van der Waals surface area contributed by atoms with Crippen LogP contribution < -0.4 is 0 Å². The summed E-state index contributed by atoms with van der Waals surface area (Å²) in [6.07, 6.45) is 0. The molecule has 2 aromatic heterocycles. The highest BCUT2D eigenvalue weighted by molar-refractivity contribution is 6.33. The lowest BCUT2D eigenvalue weighted by molar-refractivity contribution is 0.634. The molecule has 0 fully saturated rings. The van der Waals surface area contributed by atoms with Gasteiger partial charge in [-0.15, -0.1) is 0 Å². The minimum atomic E-state index is 0.793. The SMILES string of the molecule is c1ccc2cc(-c3ccc(-c4ccc5c(c4)oc4c6oc7cc(-c8ccc9ccccc9c8)ccc7c6c6ccccc6c54)cc3)ccc2c1. The van der Waals surface area contributed by atoms with Crippen LogP contribution in [0.1, 0.15) is 0 Å². The monoisotopic (exact) mass is 636 g/mol. The van der Waals surface area contributed by atoms with Gasteiger partial charge in [0.1, 0.15) is 11.2 Å². The summed E-state index contributed by atoms with van der Waals surface area (Å²) >= 11 is 0. The molecule has 2 nitrogen and oxygen atoms in total. The van der Waals surface area contributed by atoms with Crippen molar-refractivity contribution in [3.63, 3.8) is 0 Å². The average Bonchev–Trinajstić information content (AvgIpc) is 3.76. The Morgan fingerprint density at radius 3 is 1.12 bits per heavy atom. The van der Waals surface area contributed by atoms with E-state index in [2.05, 4.69) is 170 Å². The van der Waals surface area contributed by atoms with E-state index >= 15 is 0 Å². The first-order valence-corrected chi connectivity index (χ1v) is 17.1. The molecule has 50 heavy (non-hydrogen) atoms. The predicted octanol–water partition coefficient (Wildman–Crippen LogP) is 13.9. The lowest BCUT2D eigenvalue weighted by atomic mass is 9.96. The van der Waals surface area contributed by atoms with Gasteiger partial charge in [-0.2, -0.15) is 0 Å². The van der Waals surface area contributed by atoms with Crippen molar-refractivity contribution in [1.29, 1.82) is 0 Å². The van der Waals surface area contributed by atoms with Gasteiger partial charge in [0.2, 0.25) is 0 Å². The summed E-state index contributed by atoms with van der Waals surface area (Å²) in [6.45, 7) is 0. The quantitative estimate of drug-likeness (QED) is 0.193. The van der Waals surface area contributed by atoms with Crippen molar-refractivity contribution in [3.8, 4) is 33.4 Å². The fourth-order valence-electron chi connectivity index (χ4n) is 7.92. The molecular weight excluding hydrogens is 609 g/mol. The normalized spacial score (nSPS) is 12.0. The van der Waals surface area contributed by atoms with Crippen LogP contribution in [0.25, 0.3) is 110 Å². The molecule has 0 aliphatic rings. The summed E-state index contributed by atoms with van der Waals surface area (Å²) in [5, 5.41) is 11.7. The molecule has 0 bridgehead atoms. The summed E-state index contributed by atoms with van der Waals surface area (Å²) in [5.41, 5.74) is 10.3. The number of hydrogen-bond acceptors (Lipinski definition) is 2. The van der Waals surface area contributed by atoms with E-state index in [0.29, 0.717) is 0 Å². The molecule has 0 unspecified atom stereocenters. The standard InChI is InChI=1S/C48H28O2/c1-3-9-33-25-35(19-17-29(33)7-1)31-13-15-32(16-14-31)37-21-23-41-43(27-37)49-47-45(41)39-11-5-6-12-40(39)46-42-24-22-38(28-44(42)50-48(46)47)36-20-18-30-8-2-4-10-34(30)26-36/h1-28H. The summed E-state index contributed by atoms with van der Waals surface area (Å²) in [5.74, 6) is 0. The van der Waals surface area contributed by atoms with Gasteiger partial charge in [-0.05, 0) is 102 Å². The highest BCUT2D eigenvalue weighted by atomic mass is 16.4. The molecule has 2 heteroatoms. The third-order valence-electron chi connectivity index (χ3n) is 10.4. The van der Waals surface area contributed by atoms with Gasteiger partial charge in [-0.1, -0.05) is 133 Å². The van der Waals surface area contributed by atoms with Crippen LogP contribution in [-0.4, -0.2) is 0 Å². The van der Waals surface area contributed by atoms with Gasteiger partial charge in [0.25, 0.3) is 0 Å². The average molecular weight is 637 g/mol. The molecule has 0 aliphatic carbocycles. The molecule has 0 N–H and O–H groups in total. The summed E-state index contributed by atoms with van der Waals surface area (Å²) in [4.78, 5) is 0. The first-order valence-electron chi connectivity index (χ1n) is 17.1. The van der Waals surface area contributed by atoms with Gasteiger partial charge in [-0.25, -0.2) is 0 Å². The molecule has 0 atom stereocenters. The van der Waals surface area contributed by atoms with E-state index in [1.807, 2.05) is 0 Å². The van der Waals surface area contributed by atoms with Crippen LogP contribution in [-0.2, 0) is 0 Å². The smallest absolute Gasteiger partial charge is 0.179 e. The second kappa shape index (κ2) is 10.4. The maximum atomic E-state index is 6.77. The van der Waals surface area contributed by atoms with Crippen molar-refractivity contribution in [2.75, 3.05) is 0 Å². The van der Waals surface area contributed by atoms with E-state index in [-0.39, 0.29) is 0 Å². The van der Waals surface area contributed by atoms with Crippen molar-refractivity contribution in [2.24, 2.45) is 0 Å². The molecule has 0 saturated heterocycles. The van der Waals surface area contributed by atoms with E-state index < -0.39 is 0 Å². The largest absolute Gasteiger partial charge is 0.452 e. The molecule has 2 heterocycles. The molecule has 11 rings (SSSR count). The third-order valence-corrected chi connectivity index (χ3v) is 10.4. The number of fused-ring (bicyclic) bond motifs is 12. The Labute approximate surface area is 287 Å². The van der Waals surface area contributed by atoms with Gasteiger partial charge < -0.3 is 8.83 Å². The zero-order valence-electron chi connectivity index (χ0n) is 27.0. The zero-order valence-corrected chi connectivity index (χ0v) is 27.0. The summed E-state index contributed by atoms with van der Waals surface area (Å²) in [7, 11) is 0. The van der Waals surface area contributed by atoms with Crippen molar-refractivity contribution >= 4 is 76.2 Å². The lowest BCUT2D eigenvalue weighted by Gasteiger charge is -2.07. The molecule has 0 amide bonds. The van der Waals surface area contributed by atoms with Gasteiger partial charge in [-0.3, -0.25) is 0 Å². The fourth-order valence-corrected chi connectivity index (χ4v) is 7.92. The number of furan rings is 2. The van der Waals surface area contributed by atoms with Crippen LogP contribution in [0.15, 0.2) is 179 Å². The maximum Gasteiger partial charge on any atom is 0.179 e. The van der Waals surface area contributed by atoms with Gasteiger partial charge in [0, 0.05) is 21.5 Å². The Morgan fingerprint density at radius 1 is 0.260 bits per heavy atom. The highest BCUT2D eigenvalue weighted by Gasteiger charge is 2.21. The topological polar surface area (TPSA) is 26.3 Å². The van der Waals surface area contributed by atoms with Crippen LogP contribution in [0, 0.1) is 0 Å². The third kappa shape index (κ3) is 4.09. The van der Waals surface area contributed by atoms with Crippen LogP contribution >= 0.6 is 0 Å². The predicted molar refractivity (Wildman–Crippen MR) is 210 cm³/mol. The van der Waals surface area contributed by atoms with Crippen molar-refractivity contribution in [3.05, 3.63) is 170 Å². The second-order valence-electron chi connectivity index (χ2n) is 13.3. The van der Waals surface area contributed by atoms with E-state index in [4.69, 9.17) is 8.83 Å². The highest BCUT2D eigenvalue weighted by Crippen LogP contribution is 2.46. The van der Waals surface area contributed by atoms with Crippen molar-refractivity contribution < 1.29 is 8.83 Å². The second-order valence-corrected chi connectivity index (χ2v) is 13.3. The van der Waals surface area contributed by atoms with E-state index in [9.17, 15) is 0 Å². The van der Waals surface area contributed by atoms with Crippen LogP contribution in [0.4, 0.5) is 0 Å². The first kappa shape index (κ1) is 27.3. The van der Waals surface area contributed by atoms with Crippen molar-refractivity contribution in [2.45, 2.75) is 0 Å².